The Balaban J connectivity index is 0.00000338. The van der Waals surface area contributed by atoms with Crippen LogP contribution in [0.25, 0.3) is 0 Å². The highest BCUT2D eigenvalue weighted by Crippen LogP contribution is 2.38. The second-order valence-corrected chi connectivity index (χ2v) is 8.32. The van der Waals surface area contributed by atoms with E-state index in [9.17, 15) is 4.79 Å². The molecular formula is C18H32IN5OS. The van der Waals surface area contributed by atoms with E-state index < -0.39 is 0 Å². The first-order valence-corrected chi connectivity index (χ1v) is 9.79. The van der Waals surface area contributed by atoms with Crippen molar-refractivity contribution in [3.63, 3.8) is 0 Å². The van der Waals surface area contributed by atoms with Gasteiger partial charge in [0.2, 0.25) is 5.91 Å². The monoisotopic (exact) mass is 493 g/mol. The van der Waals surface area contributed by atoms with Gasteiger partial charge in [-0.15, -0.1) is 35.3 Å². The molecule has 0 radical (unpaired) electrons. The van der Waals surface area contributed by atoms with Gasteiger partial charge >= 0.3 is 0 Å². The Hall–Kier alpha value is -0.900. The summed E-state index contributed by atoms with van der Waals surface area (Å²) in [4.78, 5) is 24.4. The Morgan fingerprint density at radius 1 is 1.27 bits per heavy atom. The fraction of sp³-hybridized carbons (Fsp3) is 0.722. The largest absolute Gasteiger partial charge is 0.356 e. The molecule has 0 aliphatic heterocycles. The normalized spacial score (nSPS) is 16.1. The van der Waals surface area contributed by atoms with Crippen LogP contribution < -0.4 is 10.6 Å². The number of aryl methyl sites for hydroxylation is 2. The molecule has 0 saturated heterocycles. The summed E-state index contributed by atoms with van der Waals surface area (Å²) in [5, 5.41) is 7.84. The summed E-state index contributed by atoms with van der Waals surface area (Å²) in [6, 6.07) is 0. The zero-order valence-corrected chi connectivity index (χ0v) is 19.7. The third-order valence-corrected chi connectivity index (χ3v) is 6.02. The number of aromatic nitrogens is 1. The molecule has 1 fully saturated rings. The number of aliphatic imine (C=N–C) groups is 1. The van der Waals surface area contributed by atoms with Crippen LogP contribution in [0.3, 0.4) is 0 Å². The SMILES string of the molecule is CN=C(NCCc1sc(C)nc1C)NCC1(C(=O)N(C)C)CCCC1.I. The van der Waals surface area contributed by atoms with Crippen molar-refractivity contribution < 1.29 is 4.79 Å². The average molecular weight is 493 g/mol. The fourth-order valence-corrected chi connectivity index (χ4v) is 4.50. The van der Waals surface area contributed by atoms with Crippen LogP contribution in [-0.2, 0) is 11.2 Å². The lowest BCUT2D eigenvalue weighted by Gasteiger charge is -2.31. The predicted octanol–water partition coefficient (Wildman–Crippen LogP) is 2.73. The minimum atomic E-state index is -0.285. The summed E-state index contributed by atoms with van der Waals surface area (Å²) in [5.74, 6) is 0.987. The molecule has 1 saturated carbocycles. The van der Waals surface area contributed by atoms with Crippen molar-refractivity contribution in [1.29, 1.82) is 0 Å². The zero-order chi connectivity index (χ0) is 18.4. The first kappa shape index (κ1) is 23.1. The molecule has 1 aliphatic carbocycles. The number of rotatable bonds is 6. The van der Waals surface area contributed by atoms with Gasteiger partial charge < -0.3 is 15.5 Å². The van der Waals surface area contributed by atoms with E-state index in [-0.39, 0.29) is 35.3 Å². The topological polar surface area (TPSA) is 69.6 Å². The van der Waals surface area contributed by atoms with E-state index in [1.54, 1.807) is 23.3 Å². The van der Waals surface area contributed by atoms with Crippen molar-refractivity contribution in [3.8, 4) is 0 Å². The van der Waals surface area contributed by atoms with Crippen molar-refractivity contribution in [1.82, 2.24) is 20.5 Å². The Labute approximate surface area is 178 Å². The van der Waals surface area contributed by atoms with E-state index in [4.69, 9.17) is 0 Å². The number of hydrogen-bond acceptors (Lipinski definition) is 4. The summed E-state index contributed by atoms with van der Waals surface area (Å²) < 4.78 is 0. The number of thiazole rings is 1. The molecule has 2 N–H and O–H groups in total. The highest BCUT2D eigenvalue weighted by Gasteiger charge is 2.42. The Kier molecular flexibility index (Phi) is 9.29. The van der Waals surface area contributed by atoms with E-state index in [1.807, 2.05) is 21.0 Å². The van der Waals surface area contributed by atoms with Gasteiger partial charge in [0, 0.05) is 45.5 Å². The van der Waals surface area contributed by atoms with Gasteiger partial charge in [-0.3, -0.25) is 9.79 Å². The molecule has 0 unspecified atom stereocenters. The molecule has 8 heteroatoms. The number of amides is 1. The van der Waals surface area contributed by atoms with Crippen LogP contribution in [0.2, 0.25) is 0 Å². The number of nitrogens with zero attached hydrogens (tertiary/aromatic N) is 3. The van der Waals surface area contributed by atoms with Gasteiger partial charge in [0.1, 0.15) is 0 Å². The number of carbonyl (C=O) groups excluding carboxylic acids is 1. The van der Waals surface area contributed by atoms with Crippen LogP contribution in [0, 0.1) is 19.3 Å². The lowest BCUT2D eigenvalue weighted by molar-refractivity contribution is -0.138. The minimum absolute atomic E-state index is 0. The second-order valence-electron chi connectivity index (χ2n) is 7.03. The molecule has 1 aromatic heterocycles. The highest BCUT2D eigenvalue weighted by atomic mass is 127. The molecule has 148 valence electrons. The molecule has 6 nitrogen and oxygen atoms in total. The third kappa shape index (κ3) is 5.80. The highest BCUT2D eigenvalue weighted by molar-refractivity contribution is 14.0. The molecule has 0 bridgehead atoms. The number of hydrogen-bond donors (Lipinski definition) is 2. The predicted molar refractivity (Wildman–Crippen MR) is 120 cm³/mol. The maximum Gasteiger partial charge on any atom is 0.230 e. The van der Waals surface area contributed by atoms with Gasteiger partial charge in [-0.05, 0) is 26.7 Å². The third-order valence-electron chi connectivity index (χ3n) is 4.88. The molecule has 0 aromatic carbocycles. The van der Waals surface area contributed by atoms with Crippen LogP contribution in [0.1, 0.15) is 41.3 Å². The molecule has 1 heterocycles. The molecule has 26 heavy (non-hydrogen) atoms. The standard InChI is InChI=1S/C18H31N5OS.HI/c1-13-15(25-14(2)22-13)8-11-20-17(19-3)21-12-18(9-6-7-10-18)16(24)23(4)5;/h6-12H2,1-5H3,(H2,19,20,21);1H. The zero-order valence-electron chi connectivity index (χ0n) is 16.5. The van der Waals surface area contributed by atoms with Crippen molar-refractivity contribution in [2.75, 3.05) is 34.2 Å². The number of carbonyl (C=O) groups is 1. The lowest BCUT2D eigenvalue weighted by Crippen LogP contribution is -2.49. The second kappa shape index (κ2) is 10.4. The van der Waals surface area contributed by atoms with E-state index >= 15 is 0 Å². The smallest absolute Gasteiger partial charge is 0.230 e. The van der Waals surface area contributed by atoms with Gasteiger partial charge in [-0.1, -0.05) is 12.8 Å². The van der Waals surface area contributed by atoms with E-state index in [1.165, 1.54) is 4.88 Å². The molecule has 1 amide bonds. The van der Waals surface area contributed by atoms with Crippen molar-refractivity contribution >= 4 is 47.2 Å². The molecular weight excluding hydrogens is 461 g/mol. The van der Waals surface area contributed by atoms with Crippen LogP contribution >= 0.6 is 35.3 Å². The van der Waals surface area contributed by atoms with Crippen LogP contribution in [0.4, 0.5) is 0 Å². The first-order valence-electron chi connectivity index (χ1n) is 8.97. The van der Waals surface area contributed by atoms with Gasteiger partial charge in [-0.25, -0.2) is 4.98 Å². The quantitative estimate of drug-likeness (QED) is 0.363. The Morgan fingerprint density at radius 2 is 1.92 bits per heavy atom. The Bertz CT molecular complexity index is 623. The van der Waals surface area contributed by atoms with Crippen LogP contribution in [0.5, 0.6) is 0 Å². The van der Waals surface area contributed by atoms with Crippen molar-refractivity contribution in [2.45, 2.75) is 46.0 Å². The van der Waals surface area contributed by atoms with Gasteiger partial charge in [-0.2, -0.15) is 0 Å². The van der Waals surface area contributed by atoms with E-state index in [2.05, 4.69) is 27.5 Å². The van der Waals surface area contributed by atoms with Gasteiger partial charge in [0.15, 0.2) is 5.96 Å². The summed E-state index contributed by atoms with van der Waals surface area (Å²) in [6.07, 6.45) is 5.08. The Morgan fingerprint density at radius 3 is 2.42 bits per heavy atom. The molecule has 0 atom stereocenters. The molecule has 1 aromatic rings. The van der Waals surface area contributed by atoms with Crippen LogP contribution in [-0.4, -0.2) is 56.0 Å². The van der Waals surface area contributed by atoms with Crippen LogP contribution in [0.15, 0.2) is 4.99 Å². The van der Waals surface area contributed by atoms with Gasteiger partial charge in [0.25, 0.3) is 0 Å². The van der Waals surface area contributed by atoms with E-state index in [0.717, 1.165) is 55.3 Å². The number of guanidine groups is 1. The maximum absolute atomic E-state index is 12.6. The van der Waals surface area contributed by atoms with Crippen molar-refractivity contribution in [2.24, 2.45) is 10.4 Å². The number of nitrogens with one attached hydrogen (secondary N) is 2. The van der Waals surface area contributed by atoms with Gasteiger partial charge in [0.05, 0.1) is 16.1 Å². The van der Waals surface area contributed by atoms with Crippen molar-refractivity contribution in [3.05, 3.63) is 15.6 Å². The number of halogens is 1. The average Bonchev–Trinajstić information content (AvgIpc) is 3.17. The fourth-order valence-electron chi connectivity index (χ4n) is 3.57. The molecule has 2 rings (SSSR count). The summed E-state index contributed by atoms with van der Waals surface area (Å²) in [6.45, 7) is 5.54. The summed E-state index contributed by atoms with van der Waals surface area (Å²) in [7, 11) is 5.45. The summed E-state index contributed by atoms with van der Waals surface area (Å²) >= 11 is 1.75. The molecule has 0 spiro atoms. The molecule has 1 aliphatic rings. The maximum atomic E-state index is 12.6. The first-order chi connectivity index (χ1) is 11.9. The van der Waals surface area contributed by atoms with E-state index in [0.29, 0.717) is 6.54 Å². The lowest BCUT2D eigenvalue weighted by atomic mass is 9.84. The minimum Gasteiger partial charge on any atom is -0.356 e. The summed E-state index contributed by atoms with van der Waals surface area (Å²) in [5.41, 5.74) is 0.834.